The molecule has 0 aliphatic carbocycles. The van der Waals surface area contributed by atoms with Gasteiger partial charge in [-0.3, -0.25) is 4.79 Å². The van der Waals surface area contributed by atoms with Gasteiger partial charge in [0.15, 0.2) is 11.6 Å². The SMILES string of the molecule is O=C(NCC#CCOc1ccc(F)cc1F)c1cccs1. The number of carbonyl (C=O) groups excluding carboxylic acids is 1. The van der Waals surface area contributed by atoms with E-state index in [1.54, 1.807) is 12.1 Å². The van der Waals surface area contributed by atoms with Crippen LogP contribution in [0.15, 0.2) is 35.7 Å². The van der Waals surface area contributed by atoms with Crippen LogP contribution in [0.1, 0.15) is 9.67 Å². The van der Waals surface area contributed by atoms with E-state index < -0.39 is 11.6 Å². The van der Waals surface area contributed by atoms with E-state index >= 15 is 0 Å². The summed E-state index contributed by atoms with van der Waals surface area (Å²) in [6, 6.07) is 6.55. The van der Waals surface area contributed by atoms with Crippen LogP contribution >= 0.6 is 11.3 Å². The van der Waals surface area contributed by atoms with Crippen LogP contribution < -0.4 is 10.1 Å². The molecular formula is C15H11F2NO2S. The number of carbonyl (C=O) groups is 1. The maximum Gasteiger partial charge on any atom is 0.262 e. The molecule has 1 N–H and O–H groups in total. The second-order valence-electron chi connectivity index (χ2n) is 3.88. The lowest BCUT2D eigenvalue weighted by molar-refractivity contribution is 0.0962. The Morgan fingerprint density at radius 1 is 1.29 bits per heavy atom. The van der Waals surface area contributed by atoms with E-state index in [0.29, 0.717) is 4.88 Å². The molecular weight excluding hydrogens is 296 g/mol. The lowest BCUT2D eigenvalue weighted by Crippen LogP contribution is -2.22. The van der Waals surface area contributed by atoms with Crippen molar-refractivity contribution in [3.05, 3.63) is 52.2 Å². The number of ether oxygens (including phenoxy) is 1. The molecule has 0 saturated carbocycles. The fraction of sp³-hybridized carbons (Fsp3) is 0.133. The van der Waals surface area contributed by atoms with E-state index in [4.69, 9.17) is 4.74 Å². The number of hydrogen-bond donors (Lipinski definition) is 1. The molecule has 108 valence electrons. The second-order valence-corrected chi connectivity index (χ2v) is 4.82. The monoisotopic (exact) mass is 307 g/mol. The summed E-state index contributed by atoms with van der Waals surface area (Å²) in [7, 11) is 0. The average Bonchev–Trinajstić information content (AvgIpc) is 2.98. The van der Waals surface area contributed by atoms with Gasteiger partial charge in [0.05, 0.1) is 11.4 Å². The Bertz CT molecular complexity index is 675. The Hall–Kier alpha value is -2.39. The number of nitrogens with one attached hydrogen (secondary N) is 1. The molecule has 0 radical (unpaired) electrons. The van der Waals surface area contributed by atoms with E-state index in [2.05, 4.69) is 17.2 Å². The molecule has 0 atom stereocenters. The van der Waals surface area contributed by atoms with Crippen molar-refractivity contribution in [3.63, 3.8) is 0 Å². The number of halogens is 2. The van der Waals surface area contributed by atoms with Crippen LogP contribution in [0.3, 0.4) is 0 Å². The summed E-state index contributed by atoms with van der Waals surface area (Å²) in [5.74, 6) is 3.62. The van der Waals surface area contributed by atoms with Gasteiger partial charge in [0.25, 0.3) is 5.91 Å². The zero-order valence-electron chi connectivity index (χ0n) is 10.9. The second kappa shape index (κ2) is 7.41. The summed E-state index contributed by atoms with van der Waals surface area (Å²) in [6.45, 7) is 0.128. The normalized spacial score (nSPS) is 9.62. The molecule has 1 aromatic carbocycles. The van der Waals surface area contributed by atoms with Gasteiger partial charge in [-0.05, 0) is 23.6 Å². The first-order chi connectivity index (χ1) is 10.2. The summed E-state index contributed by atoms with van der Waals surface area (Å²) in [6.07, 6.45) is 0. The lowest BCUT2D eigenvalue weighted by atomic mass is 10.3. The van der Waals surface area contributed by atoms with Crippen molar-refractivity contribution in [2.75, 3.05) is 13.2 Å². The van der Waals surface area contributed by atoms with Crippen LogP contribution in [-0.2, 0) is 0 Å². The van der Waals surface area contributed by atoms with E-state index in [1.165, 1.54) is 17.4 Å². The van der Waals surface area contributed by atoms with E-state index in [9.17, 15) is 13.6 Å². The fourth-order valence-corrected chi connectivity index (χ4v) is 2.08. The smallest absolute Gasteiger partial charge is 0.262 e. The first-order valence-electron chi connectivity index (χ1n) is 6.02. The molecule has 6 heteroatoms. The van der Waals surface area contributed by atoms with Gasteiger partial charge in [0, 0.05) is 6.07 Å². The van der Waals surface area contributed by atoms with Crippen LogP contribution in [0.2, 0.25) is 0 Å². The summed E-state index contributed by atoms with van der Waals surface area (Å²) >= 11 is 1.34. The summed E-state index contributed by atoms with van der Waals surface area (Å²) in [5, 5.41) is 4.43. The van der Waals surface area contributed by atoms with E-state index in [-0.39, 0.29) is 24.8 Å². The summed E-state index contributed by atoms with van der Waals surface area (Å²) < 4.78 is 30.9. The van der Waals surface area contributed by atoms with Crippen molar-refractivity contribution in [1.29, 1.82) is 0 Å². The Labute approximate surface area is 124 Å². The standard InChI is InChI=1S/C15H11F2NO2S/c16-11-5-6-13(12(17)10-11)20-8-2-1-7-18-15(19)14-4-3-9-21-14/h3-6,9-10H,7-8H2,(H,18,19). The highest BCUT2D eigenvalue weighted by Crippen LogP contribution is 2.17. The lowest BCUT2D eigenvalue weighted by Gasteiger charge is -2.02. The van der Waals surface area contributed by atoms with Gasteiger partial charge < -0.3 is 10.1 Å². The van der Waals surface area contributed by atoms with Crippen LogP contribution in [0.25, 0.3) is 0 Å². The highest BCUT2D eigenvalue weighted by molar-refractivity contribution is 7.12. The van der Waals surface area contributed by atoms with Crippen LogP contribution in [0, 0.1) is 23.5 Å². The molecule has 0 saturated heterocycles. The average molecular weight is 307 g/mol. The van der Waals surface area contributed by atoms with Crippen molar-refractivity contribution >= 4 is 17.2 Å². The quantitative estimate of drug-likeness (QED) is 0.882. The molecule has 21 heavy (non-hydrogen) atoms. The van der Waals surface area contributed by atoms with Gasteiger partial charge in [-0.25, -0.2) is 8.78 Å². The molecule has 2 aromatic rings. The van der Waals surface area contributed by atoms with Crippen molar-refractivity contribution in [3.8, 4) is 17.6 Å². The van der Waals surface area contributed by atoms with E-state index in [1.807, 2.05) is 5.38 Å². The van der Waals surface area contributed by atoms with Gasteiger partial charge >= 0.3 is 0 Å². The minimum absolute atomic E-state index is 0.0442. The minimum atomic E-state index is -0.775. The number of thiophene rings is 1. The molecule has 1 amide bonds. The number of rotatable bonds is 4. The van der Waals surface area contributed by atoms with Crippen LogP contribution in [-0.4, -0.2) is 19.1 Å². The van der Waals surface area contributed by atoms with Gasteiger partial charge in [-0.15, -0.1) is 11.3 Å². The molecule has 0 spiro atoms. The first-order valence-corrected chi connectivity index (χ1v) is 6.90. The Morgan fingerprint density at radius 2 is 2.14 bits per heavy atom. The Balaban J connectivity index is 1.73. The summed E-state index contributed by atoms with van der Waals surface area (Å²) in [5.41, 5.74) is 0. The highest BCUT2D eigenvalue weighted by atomic mass is 32.1. The van der Waals surface area contributed by atoms with Crippen molar-refractivity contribution < 1.29 is 18.3 Å². The molecule has 0 aliphatic heterocycles. The zero-order chi connectivity index (χ0) is 15.1. The van der Waals surface area contributed by atoms with Gasteiger partial charge in [-0.2, -0.15) is 0 Å². The minimum Gasteiger partial charge on any atom is -0.478 e. The van der Waals surface area contributed by atoms with Crippen LogP contribution in [0.4, 0.5) is 8.78 Å². The van der Waals surface area contributed by atoms with Gasteiger partial charge in [-0.1, -0.05) is 17.9 Å². The molecule has 0 aliphatic rings. The molecule has 1 aromatic heterocycles. The maximum atomic E-state index is 13.2. The predicted octanol–water partition coefficient (Wildman–Crippen LogP) is 2.84. The van der Waals surface area contributed by atoms with Crippen molar-refractivity contribution in [2.24, 2.45) is 0 Å². The van der Waals surface area contributed by atoms with Gasteiger partial charge in [0.1, 0.15) is 12.4 Å². The van der Waals surface area contributed by atoms with Crippen LogP contribution in [0.5, 0.6) is 5.75 Å². The highest BCUT2D eigenvalue weighted by Gasteiger charge is 2.04. The molecule has 1 heterocycles. The van der Waals surface area contributed by atoms with Crippen molar-refractivity contribution in [1.82, 2.24) is 5.32 Å². The maximum absolute atomic E-state index is 13.2. The van der Waals surface area contributed by atoms with E-state index in [0.717, 1.165) is 12.1 Å². The molecule has 0 bridgehead atoms. The first kappa shape index (κ1) is 15.0. The molecule has 0 unspecified atom stereocenters. The van der Waals surface area contributed by atoms with Gasteiger partial charge in [0.2, 0.25) is 0 Å². The third kappa shape index (κ3) is 4.58. The largest absolute Gasteiger partial charge is 0.478 e. The predicted molar refractivity (Wildman–Crippen MR) is 76.3 cm³/mol. The third-order valence-corrected chi connectivity index (χ3v) is 3.27. The number of amides is 1. The third-order valence-electron chi connectivity index (χ3n) is 2.40. The Kier molecular flexibility index (Phi) is 5.29. The van der Waals surface area contributed by atoms with Crippen molar-refractivity contribution in [2.45, 2.75) is 0 Å². The number of hydrogen-bond acceptors (Lipinski definition) is 3. The zero-order valence-corrected chi connectivity index (χ0v) is 11.7. The number of benzene rings is 1. The molecule has 2 rings (SSSR count). The molecule has 3 nitrogen and oxygen atoms in total. The Morgan fingerprint density at radius 3 is 2.86 bits per heavy atom. The fourth-order valence-electron chi connectivity index (χ4n) is 1.44. The molecule has 0 fully saturated rings. The topological polar surface area (TPSA) is 38.3 Å². The summed E-state index contributed by atoms with van der Waals surface area (Å²) in [4.78, 5) is 12.2.